The van der Waals surface area contributed by atoms with Crippen LogP contribution in [-0.4, -0.2) is 97.9 Å². The Morgan fingerprint density at radius 3 is 2.55 bits per heavy atom. The van der Waals surface area contributed by atoms with Crippen LogP contribution in [0, 0.1) is 6.92 Å². The first-order valence-electron chi connectivity index (χ1n) is 14.8. The van der Waals surface area contributed by atoms with Crippen molar-refractivity contribution in [1.82, 2.24) is 19.8 Å². The van der Waals surface area contributed by atoms with Crippen molar-refractivity contribution in [3.63, 3.8) is 0 Å². The molecule has 2 fully saturated rings. The number of nitrogens with zero attached hydrogens (tertiary/aromatic N) is 7. The van der Waals surface area contributed by atoms with Gasteiger partial charge in [0, 0.05) is 55.4 Å². The van der Waals surface area contributed by atoms with Gasteiger partial charge >= 0.3 is 6.01 Å². The number of amidine groups is 1. The summed E-state index contributed by atoms with van der Waals surface area (Å²) in [6.45, 7) is 10.6. The molecule has 2 saturated heterocycles. The minimum atomic E-state index is 0.425. The Morgan fingerprint density at radius 2 is 1.77 bits per heavy atom. The van der Waals surface area contributed by atoms with E-state index in [1.807, 2.05) is 0 Å². The Morgan fingerprint density at radius 1 is 0.950 bits per heavy atom. The van der Waals surface area contributed by atoms with Crippen LogP contribution in [0.2, 0.25) is 0 Å². The number of fused-ring (bicyclic) bond motifs is 2. The summed E-state index contributed by atoms with van der Waals surface area (Å²) < 4.78 is 12.1. The van der Waals surface area contributed by atoms with Gasteiger partial charge in [-0.3, -0.25) is 0 Å². The lowest BCUT2D eigenvalue weighted by molar-refractivity contribution is 0.187. The van der Waals surface area contributed by atoms with E-state index in [9.17, 15) is 0 Å². The number of hydrogen-bond donors (Lipinski definition) is 0. The predicted octanol–water partition coefficient (Wildman–Crippen LogP) is 3.48. The number of ether oxygens (including phenoxy) is 2. The van der Waals surface area contributed by atoms with Crippen molar-refractivity contribution in [2.75, 3.05) is 75.9 Å². The van der Waals surface area contributed by atoms with Crippen molar-refractivity contribution in [2.45, 2.75) is 38.8 Å². The first-order chi connectivity index (χ1) is 19.6. The Balaban J connectivity index is 1.18. The first-order valence-corrected chi connectivity index (χ1v) is 14.8. The van der Waals surface area contributed by atoms with Gasteiger partial charge in [0.2, 0.25) is 0 Å². The molecule has 5 heterocycles. The van der Waals surface area contributed by atoms with Crippen molar-refractivity contribution in [3.8, 4) is 6.01 Å². The Kier molecular flexibility index (Phi) is 6.83. The normalized spacial score (nSPS) is 21.5. The van der Waals surface area contributed by atoms with Crippen LogP contribution in [0.3, 0.4) is 0 Å². The third-order valence-electron chi connectivity index (χ3n) is 8.95. The molecule has 210 valence electrons. The molecular weight excluding hydrogens is 502 g/mol. The predicted molar refractivity (Wildman–Crippen MR) is 159 cm³/mol. The molecule has 3 aromatic rings. The van der Waals surface area contributed by atoms with Crippen molar-refractivity contribution < 1.29 is 9.47 Å². The Bertz CT molecular complexity index is 1410. The van der Waals surface area contributed by atoms with Gasteiger partial charge in [0.05, 0.1) is 18.8 Å². The maximum Gasteiger partial charge on any atom is 0.318 e. The molecule has 0 aliphatic carbocycles. The average molecular weight is 542 g/mol. The molecule has 0 spiro atoms. The van der Waals surface area contributed by atoms with Crippen molar-refractivity contribution in [2.24, 2.45) is 4.99 Å². The zero-order chi connectivity index (χ0) is 27.1. The summed E-state index contributed by atoms with van der Waals surface area (Å²) in [5.74, 6) is 1.04. The van der Waals surface area contributed by atoms with E-state index in [0.717, 1.165) is 82.7 Å². The lowest BCUT2D eigenvalue weighted by Crippen LogP contribution is -2.49. The van der Waals surface area contributed by atoms with Crippen LogP contribution in [0.4, 0.5) is 11.5 Å². The quantitative estimate of drug-likeness (QED) is 0.487. The lowest BCUT2D eigenvalue weighted by Gasteiger charge is -2.38. The zero-order valence-electron chi connectivity index (χ0n) is 23.7. The number of aryl methyl sites for hydroxylation is 1. The smallest absolute Gasteiger partial charge is 0.318 e. The first kappa shape index (κ1) is 25.4. The highest BCUT2D eigenvalue weighted by atomic mass is 16.5. The monoisotopic (exact) mass is 541 g/mol. The van der Waals surface area contributed by atoms with E-state index in [2.05, 4.69) is 75.0 Å². The summed E-state index contributed by atoms with van der Waals surface area (Å²) in [5, 5.41) is 2.61. The van der Waals surface area contributed by atoms with Gasteiger partial charge in [0.15, 0.2) is 0 Å². The molecule has 9 nitrogen and oxygen atoms in total. The molecule has 0 saturated carbocycles. The van der Waals surface area contributed by atoms with Gasteiger partial charge < -0.3 is 29.1 Å². The summed E-state index contributed by atoms with van der Waals surface area (Å²) >= 11 is 0. The maximum absolute atomic E-state index is 6.33. The number of likely N-dealkylation sites (tertiary alicyclic amines) is 1. The van der Waals surface area contributed by atoms with Crippen LogP contribution in [0.1, 0.15) is 29.7 Å². The van der Waals surface area contributed by atoms with Gasteiger partial charge in [0.1, 0.15) is 19.0 Å². The summed E-state index contributed by atoms with van der Waals surface area (Å²) in [6, 6.07) is 14.9. The van der Waals surface area contributed by atoms with E-state index >= 15 is 0 Å². The van der Waals surface area contributed by atoms with Crippen LogP contribution < -0.4 is 14.5 Å². The number of aromatic nitrogens is 2. The minimum absolute atomic E-state index is 0.425. The Hall–Kier alpha value is -3.59. The van der Waals surface area contributed by atoms with Gasteiger partial charge in [-0.15, -0.1) is 0 Å². The van der Waals surface area contributed by atoms with E-state index in [1.165, 1.54) is 34.0 Å². The average Bonchev–Trinajstić information content (AvgIpc) is 3.67. The van der Waals surface area contributed by atoms with Crippen LogP contribution in [0.5, 0.6) is 6.01 Å². The number of likely N-dealkylation sites (N-methyl/N-ethyl adjacent to an activating group) is 1. The van der Waals surface area contributed by atoms with E-state index in [1.54, 1.807) is 0 Å². The number of rotatable bonds is 5. The van der Waals surface area contributed by atoms with Crippen molar-refractivity contribution in [3.05, 3.63) is 53.2 Å². The van der Waals surface area contributed by atoms with Gasteiger partial charge in [-0.1, -0.05) is 30.3 Å². The topological polar surface area (TPSA) is 69.6 Å². The van der Waals surface area contributed by atoms with Gasteiger partial charge in [-0.05, 0) is 56.8 Å². The molecule has 1 atom stereocenters. The van der Waals surface area contributed by atoms with E-state index in [-0.39, 0.29) is 0 Å². The second-order valence-corrected chi connectivity index (χ2v) is 11.5. The molecule has 40 heavy (non-hydrogen) atoms. The molecule has 7 rings (SSSR count). The van der Waals surface area contributed by atoms with Crippen LogP contribution in [0.25, 0.3) is 10.8 Å². The third kappa shape index (κ3) is 4.80. The number of aliphatic imine (C=N–C) groups is 1. The molecule has 0 radical (unpaired) electrons. The summed E-state index contributed by atoms with van der Waals surface area (Å²) in [7, 11) is 2.18. The molecule has 1 aromatic heterocycles. The standard InChI is InChI=1S/C31H39N7O2/c1-22-6-3-7-23-8-4-10-27(28(22)23)38-14-11-25-26(20-38)33-30(40-21-24-9-5-13-35(24)2)34-29(25)36-15-17-37(18-16-36)31-32-12-19-39-31/h3-4,6-8,10,24H,5,9,11-21H2,1-2H3/t24-/m0/s1. The second kappa shape index (κ2) is 10.8. The summed E-state index contributed by atoms with van der Waals surface area (Å²) in [6.07, 6.45) is 3.30. The van der Waals surface area contributed by atoms with Gasteiger partial charge in [0.25, 0.3) is 6.02 Å². The Labute approximate surface area is 236 Å². The zero-order valence-corrected chi connectivity index (χ0v) is 23.7. The van der Waals surface area contributed by atoms with Crippen LogP contribution in [0.15, 0.2) is 41.4 Å². The van der Waals surface area contributed by atoms with Gasteiger partial charge in [-0.25, -0.2) is 4.99 Å². The number of anilines is 2. The van der Waals surface area contributed by atoms with Crippen LogP contribution >= 0.6 is 0 Å². The summed E-state index contributed by atoms with van der Waals surface area (Å²) in [4.78, 5) is 24.2. The maximum atomic E-state index is 6.33. The molecule has 0 amide bonds. The molecule has 4 aliphatic heterocycles. The minimum Gasteiger partial charge on any atom is -0.463 e. The molecule has 2 aromatic carbocycles. The lowest BCUT2D eigenvalue weighted by atomic mass is 9.99. The second-order valence-electron chi connectivity index (χ2n) is 11.5. The van der Waals surface area contributed by atoms with Crippen LogP contribution in [-0.2, 0) is 17.7 Å². The SMILES string of the molecule is Cc1cccc2cccc(N3CCc4c(nc(OC[C@@H]5CCCN5C)nc4N4CCN(C5=NCCO5)CC4)C3)c12. The largest absolute Gasteiger partial charge is 0.463 e. The van der Waals surface area contributed by atoms with Gasteiger partial charge in [-0.2, -0.15) is 9.97 Å². The molecule has 4 aliphatic rings. The number of hydrogen-bond acceptors (Lipinski definition) is 9. The molecule has 0 bridgehead atoms. The fourth-order valence-electron chi connectivity index (χ4n) is 6.67. The molecule has 0 N–H and O–H groups in total. The number of benzene rings is 2. The third-order valence-corrected chi connectivity index (χ3v) is 8.95. The highest BCUT2D eigenvalue weighted by Crippen LogP contribution is 2.35. The molecule has 0 unspecified atom stereocenters. The summed E-state index contributed by atoms with van der Waals surface area (Å²) in [5.41, 5.74) is 4.94. The highest BCUT2D eigenvalue weighted by molar-refractivity contribution is 5.97. The van der Waals surface area contributed by atoms with Crippen molar-refractivity contribution in [1.29, 1.82) is 0 Å². The van der Waals surface area contributed by atoms with E-state index in [0.29, 0.717) is 25.3 Å². The highest BCUT2D eigenvalue weighted by Gasteiger charge is 2.30. The molecule has 9 heteroatoms. The van der Waals surface area contributed by atoms with E-state index < -0.39 is 0 Å². The molecular formula is C31H39N7O2. The van der Waals surface area contributed by atoms with Crippen molar-refractivity contribution >= 4 is 28.3 Å². The fraction of sp³-hybridized carbons (Fsp3) is 0.516. The number of piperazine rings is 1. The fourth-order valence-corrected chi connectivity index (χ4v) is 6.67. The van der Waals surface area contributed by atoms with E-state index in [4.69, 9.17) is 19.4 Å².